The van der Waals surface area contributed by atoms with Gasteiger partial charge in [0.25, 0.3) is 5.91 Å². The van der Waals surface area contributed by atoms with E-state index >= 15 is 0 Å². The van der Waals surface area contributed by atoms with Crippen molar-refractivity contribution in [1.82, 2.24) is 5.32 Å². The van der Waals surface area contributed by atoms with Gasteiger partial charge in [0.1, 0.15) is 12.4 Å². The van der Waals surface area contributed by atoms with E-state index < -0.39 is 0 Å². The standard InChI is InChI=1S/C16H17ClN2O2/c1-11-3-2-4-13(9-11)21-8-7-19-16(20)12-5-6-14(17)15(18)10-12/h2-6,9-10H,7-8,18H2,1H3,(H,19,20). The zero-order valence-corrected chi connectivity index (χ0v) is 12.5. The minimum absolute atomic E-state index is 0.203. The highest BCUT2D eigenvalue weighted by Gasteiger charge is 2.06. The Labute approximate surface area is 128 Å². The van der Waals surface area contributed by atoms with Crippen molar-refractivity contribution in [1.29, 1.82) is 0 Å². The van der Waals surface area contributed by atoms with Crippen LogP contribution in [0.3, 0.4) is 0 Å². The van der Waals surface area contributed by atoms with Crippen LogP contribution in [0, 0.1) is 6.92 Å². The zero-order chi connectivity index (χ0) is 15.2. The largest absolute Gasteiger partial charge is 0.492 e. The second-order valence-electron chi connectivity index (χ2n) is 4.66. The van der Waals surface area contributed by atoms with E-state index in [0.29, 0.717) is 29.4 Å². The number of anilines is 1. The summed E-state index contributed by atoms with van der Waals surface area (Å²) in [6.07, 6.45) is 0. The van der Waals surface area contributed by atoms with Crippen LogP contribution in [-0.2, 0) is 0 Å². The van der Waals surface area contributed by atoms with Gasteiger partial charge in [-0.25, -0.2) is 0 Å². The monoisotopic (exact) mass is 304 g/mol. The van der Waals surface area contributed by atoms with Gasteiger partial charge in [-0.05, 0) is 42.8 Å². The first-order chi connectivity index (χ1) is 10.1. The van der Waals surface area contributed by atoms with Crippen LogP contribution in [-0.4, -0.2) is 19.1 Å². The average Bonchev–Trinajstić information content (AvgIpc) is 2.46. The molecule has 0 radical (unpaired) electrons. The van der Waals surface area contributed by atoms with Gasteiger partial charge >= 0.3 is 0 Å². The van der Waals surface area contributed by atoms with Crippen molar-refractivity contribution in [3.8, 4) is 5.75 Å². The summed E-state index contributed by atoms with van der Waals surface area (Å²) >= 11 is 5.82. The predicted molar refractivity (Wildman–Crippen MR) is 84.9 cm³/mol. The molecule has 110 valence electrons. The first-order valence-corrected chi connectivity index (χ1v) is 6.97. The number of carbonyl (C=O) groups excluding carboxylic acids is 1. The molecule has 3 N–H and O–H groups in total. The van der Waals surface area contributed by atoms with E-state index in [1.807, 2.05) is 31.2 Å². The maximum atomic E-state index is 11.9. The van der Waals surface area contributed by atoms with Gasteiger partial charge in [-0.15, -0.1) is 0 Å². The summed E-state index contributed by atoms with van der Waals surface area (Å²) < 4.78 is 5.56. The van der Waals surface area contributed by atoms with Crippen LogP contribution < -0.4 is 15.8 Å². The van der Waals surface area contributed by atoms with Crippen LogP contribution in [0.4, 0.5) is 5.69 Å². The third-order valence-electron chi connectivity index (χ3n) is 2.90. The number of amides is 1. The van der Waals surface area contributed by atoms with Gasteiger partial charge in [-0.1, -0.05) is 23.7 Å². The first kappa shape index (κ1) is 15.2. The molecule has 0 aliphatic carbocycles. The van der Waals surface area contributed by atoms with Crippen LogP contribution in [0.1, 0.15) is 15.9 Å². The molecule has 4 nitrogen and oxygen atoms in total. The highest BCUT2D eigenvalue weighted by atomic mass is 35.5. The van der Waals surface area contributed by atoms with E-state index in [0.717, 1.165) is 11.3 Å². The average molecular weight is 305 g/mol. The van der Waals surface area contributed by atoms with Crippen molar-refractivity contribution in [2.24, 2.45) is 0 Å². The summed E-state index contributed by atoms with van der Waals surface area (Å²) in [4.78, 5) is 11.9. The van der Waals surface area contributed by atoms with Gasteiger partial charge in [0.05, 0.1) is 17.3 Å². The second kappa shape index (κ2) is 6.99. The minimum Gasteiger partial charge on any atom is -0.492 e. The van der Waals surface area contributed by atoms with Crippen LogP contribution >= 0.6 is 11.6 Å². The summed E-state index contributed by atoms with van der Waals surface area (Å²) in [5.74, 6) is 0.589. The van der Waals surface area contributed by atoms with Crippen molar-refractivity contribution in [3.63, 3.8) is 0 Å². The topological polar surface area (TPSA) is 64.3 Å². The molecule has 0 heterocycles. The van der Waals surface area contributed by atoms with E-state index in [1.54, 1.807) is 18.2 Å². The number of hydrogen-bond acceptors (Lipinski definition) is 3. The van der Waals surface area contributed by atoms with Crippen molar-refractivity contribution < 1.29 is 9.53 Å². The lowest BCUT2D eigenvalue weighted by atomic mass is 10.2. The lowest BCUT2D eigenvalue weighted by Crippen LogP contribution is -2.28. The number of aryl methyl sites for hydroxylation is 1. The fourth-order valence-electron chi connectivity index (χ4n) is 1.83. The molecular weight excluding hydrogens is 288 g/mol. The number of nitrogens with one attached hydrogen (secondary N) is 1. The number of nitrogens with two attached hydrogens (primary N) is 1. The van der Waals surface area contributed by atoms with Gasteiger partial charge < -0.3 is 15.8 Å². The summed E-state index contributed by atoms with van der Waals surface area (Å²) in [5, 5.41) is 3.21. The van der Waals surface area contributed by atoms with E-state index in [1.165, 1.54) is 0 Å². The molecule has 1 amide bonds. The Morgan fingerprint density at radius 3 is 2.81 bits per heavy atom. The summed E-state index contributed by atoms with van der Waals surface area (Å²) in [7, 11) is 0. The number of halogens is 1. The molecule has 5 heteroatoms. The van der Waals surface area contributed by atoms with Gasteiger partial charge in [0, 0.05) is 5.56 Å². The molecule has 0 aromatic heterocycles. The summed E-state index contributed by atoms with van der Waals surface area (Å²) in [6.45, 7) is 2.81. The molecule has 21 heavy (non-hydrogen) atoms. The molecule has 0 spiro atoms. The molecule has 2 rings (SSSR count). The number of nitrogen functional groups attached to an aromatic ring is 1. The first-order valence-electron chi connectivity index (χ1n) is 6.59. The van der Waals surface area contributed by atoms with E-state index in [9.17, 15) is 4.79 Å². The lowest BCUT2D eigenvalue weighted by Gasteiger charge is -2.09. The van der Waals surface area contributed by atoms with Crippen LogP contribution in [0.25, 0.3) is 0 Å². The van der Waals surface area contributed by atoms with E-state index in [4.69, 9.17) is 22.1 Å². The number of benzene rings is 2. The molecule has 0 aliphatic heterocycles. The number of ether oxygens (including phenoxy) is 1. The predicted octanol–water partition coefficient (Wildman–Crippen LogP) is 3.04. The zero-order valence-electron chi connectivity index (χ0n) is 11.7. The Hall–Kier alpha value is -2.20. The maximum absolute atomic E-state index is 11.9. The summed E-state index contributed by atoms with van der Waals surface area (Å²) in [5.41, 5.74) is 7.67. The Balaban J connectivity index is 1.80. The van der Waals surface area contributed by atoms with Gasteiger partial charge in [0.15, 0.2) is 0 Å². The minimum atomic E-state index is -0.203. The maximum Gasteiger partial charge on any atom is 0.251 e. The number of hydrogen-bond donors (Lipinski definition) is 2. The SMILES string of the molecule is Cc1cccc(OCCNC(=O)c2ccc(Cl)c(N)c2)c1. The Bertz CT molecular complexity index is 644. The molecule has 0 fully saturated rings. The highest BCUT2D eigenvalue weighted by Crippen LogP contribution is 2.19. The Morgan fingerprint density at radius 2 is 2.10 bits per heavy atom. The Morgan fingerprint density at radius 1 is 1.29 bits per heavy atom. The van der Waals surface area contributed by atoms with Crippen molar-refractivity contribution >= 4 is 23.2 Å². The van der Waals surface area contributed by atoms with E-state index in [-0.39, 0.29) is 5.91 Å². The number of carbonyl (C=O) groups is 1. The molecule has 0 atom stereocenters. The fraction of sp³-hybridized carbons (Fsp3) is 0.188. The third-order valence-corrected chi connectivity index (χ3v) is 3.25. The molecule has 0 saturated heterocycles. The lowest BCUT2D eigenvalue weighted by molar-refractivity contribution is 0.0947. The molecule has 2 aromatic rings. The molecule has 0 aliphatic rings. The summed E-state index contributed by atoms with van der Waals surface area (Å²) in [6, 6.07) is 12.6. The van der Waals surface area contributed by atoms with Crippen LogP contribution in [0.2, 0.25) is 5.02 Å². The van der Waals surface area contributed by atoms with Crippen molar-refractivity contribution in [2.75, 3.05) is 18.9 Å². The van der Waals surface area contributed by atoms with Crippen molar-refractivity contribution in [2.45, 2.75) is 6.92 Å². The van der Waals surface area contributed by atoms with Gasteiger partial charge in [-0.3, -0.25) is 4.79 Å². The van der Waals surface area contributed by atoms with Gasteiger partial charge in [-0.2, -0.15) is 0 Å². The normalized spacial score (nSPS) is 10.2. The van der Waals surface area contributed by atoms with Gasteiger partial charge in [0.2, 0.25) is 0 Å². The molecule has 0 saturated carbocycles. The quantitative estimate of drug-likeness (QED) is 0.659. The molecule has 0 bridgehead atoms. The van der Waals surface area contributed by atoms with E-state index in [2.05, 4.69) is 5.32 Å². The molecular formula is C16H17ClN2O2. The van der Waals surface area contributed by atoms with Crippen molar-refractivity contribution in [3.05, 3.63) is 58.6 Å². The third kappa shape index (κ3) is 4.39. The second-order valence-corrected chi connectivity index (χ2v) is 5.06. The van der Waals surface area contributed by atoms with Crippen LogP contribution in [0.15, 0.2) is 42.5 Å². The highest BCUT2D eigenvalue weighted by molar-refractivity contribution is 6.33. The van der Waals surface area contributed by atoms with Crippen LogP contribution in [0.5, 0.6) is 5.75 Å². The fourth-order valence-corrected chi connectivity index (χ4v) is 1.94. The molecule has 0 unspecified atom stereocenters. The smallest absolute Gasteiger partial charge is 0.251 e. The molecule has 2 aromatic carbocycles. The number of rotatable bonds is 5. The Kier molecular flexibility index (Phi) is 5.06.